The largest absolute Gasteiger partial charge is 0.382 e. The summed E-state index contributed by atoms with van der Waals surface area (Å²) >= 11 is 0. The number of hydrogen-bond acceptors (Lipinski definition) is 6. The number of hydrogen-bond donors (Lipinski definition) is 3. The van der Waals surface area contributed by atoms with Crippen molar-refractivity contribution in [2.45, 2.75) is 70.3 Å². The molecule has 3 atom stereocenters. The molecule has 0 spiro atoms. The summed E-state index contributed by atoms with van der Waals surface area (Å²) < 4.78 is 32.4. The van der Waals surface area contributed by atoms with Crippen LogP contribution in [0, 0.1) is 5.82 Å². The second kappa shape index (κ2) is 12.1. The van der Waals surface area contributed by atoms with Gasteiger partial charge in [-0.2, -0.15) is 10.2 Å². The predicted molar refractivity (Wildman–Crippen MR) is 165 cm³/mol. The molecule has 43 heavy (non-hydrogen) atoms. The molecule has 12 heteroatoms. The Kier molecular flexibility index (Phi) is 9.05. The van der Waals surface area contributed by atoms with Crippen LogP contribution in [0.2, 0.25) is 0 Å². The topological polar surface area (TPSA) is 127 Å². The fourth-order valence-corrected chi connectivity index (χ4v) is 5.27. The quantitative estimate of drug-likeness (QED) is 0.248. The molecule has 0 aliphatic heterocycles. The molecule has 0 bridgehead atoms. The lowest BCUT2D eigenvalue weighted by molar-refractivity contribution is 0.0486. The van der Waals surface area contributed by atoms with Gasteiger partial charge in [0.25, 0.3) is 5.91 Å². The van der Waals surface area contributed by atoms with Gasteiger partial charge >= 0.3 is 0 Å². The predicted octanol–water partition coefficient (Wildman–Crippen LogP) is 4.16. The van der Waals surface area contributed by atoms with Crippen LogP contribution in [0.3, 0.4) is 0 Å². The van der Waals surface area contributed by atoms with Gasteiger partial charge in [0, 0.05) is 42.5 Å². The summed E-state index contributed by atoms with van der Waals surface area (Å²) in [4.78, 5) is 17.9. The number of carbonyl (C=O) groups is 1. The Balaban J connectivity index is 1.65. The molecule has 1 aromatic carbocycles. The third-order valence-corrected chi connectivity index (χ3v) is 9.30. The average molecular weight is 610 g/mol. The van der Waals surface area contributed by atoms with E-state index < -0.39 is 32.7 Å². The van der Waals surface area contributed by atoms with Gasteiger partial charge in [-0.05, 0) is 82.6 Å². The van der Waals surface area contributed by atoms with Crippen LogP contribution in [-0.2, 0) is 29.0 Å². The van der Waals surface area contributed by atoms with E-state index in [1.165, 1.54) is 16.8 Å². The number of amides is 1. The second-order valence-corrected chi connectivity index (χ2v) is 14.5. The molecule has 3 unspecified atom stereocenters. The maximum Gasteiger partial charge on any atom is 0.269 e. The van der Waals surface area contributed by atoms with Crippen molar-refractivity contribution >= 4 is 16.9 Å². The lowest BCUT2D eigenvalue weighted by Crippen LogP contribution is -2.47. The molecule has 0 radical (unpaired) electrons. The minimum absolute atomic E-state index is 0.143. The fourth-order valence-electron chi connectivity index (χ4n) is 4.30. The fraction of sp³-hybridized carbons (Fsp3) is 0.419. The standard InChI is InChI=1S/C31H40FN7O3S/c1-20(37-43(42)29(2,3)4)30(5,6)22-16-24(21-10-12-23(32)13-11-21)35-26(17-22)31(7,41)19-33-28(40)25-18-27(36-38(25)8)39-15-9-14-34-39/h9-18,20,37,41H,19H2,1-8H3,(H,33,40). The summed E-state index contributed by atoms with van der Waals surface area (Å²) in [7, 11) is 0.349. The van der Waals surface area contributed by atoms with Gasteiger partial charge in [-0.1, -0.05) is 13.8 Å². The van der Waals surface area contributed by atoms with E-state index in [1.807, 2.05) is 47.6 Å². The first-order valence-electron chi connectivity index (χ1n) is 14.0. The molecule has 0 aliphatic carbocycles. The first-order chi connectivity index (χ1) is 20.0. The summed E-state index contributed by atoms with van der Waals surface area (Å²) in [5, 5.41) is 23.0. The molecule has 0 saturated carbocycles. The molecule has 10 nitrogen and oxygen atoms in total. The molecule has 3 aromatic heterocycles. The number of halogens is 1. The van der Waals surface area contributed by atoms with Crippen LogP contribution < -0.4 is 10.0 Å². The van der Waals surface area contributed by atoms with Crippen LogP contribution in [0.25, 0.3) is 17.1 Å². The average Bonchev–Trinajstić information content (AvgIpc) is 3.61. The van der Waals surface area contributed by atoms with Crippen molar-refractivity contribution in [3.8, 4) is 17.1 Å². The lowest BCUT2D eigenvalue weighted by atomic mass is 9.77. The minimum Gasteiger partial charge on any atom is -0.382 e. The number of aliphatic hydroxyl groups is 1. The Bertz CT molecular complexity index is 1610. The maximum absolute atomic E-state index is 13.7. The van der Waals surface area contributed by atoms with Crippen LogP contribution in [0.5, 0.6) is 0 Å². The zero-order valence-corrected chi connectivity index (χ0v) is 26.7. The van der Waals surface area contributed by atoms with Gasteiger partial charge in [0.2, 0.25) is 0 Å². The van der Waals surface area contributed by atoms with E-state index in [1.54, 1.807) is 61.4 Å². The number of pyridine rings is 1. The van der Waals surface area contributed by atoms with Crippen molar-refractivity contribution in [3.63, 3.8) is 0 Å². The van der Waals surface area contributed by atoms with Gasteiger partial charge in [0.15, 0.2) is 5.82 Å². The van der Waals surface area contributed by atoms with Gasteiger partial charge in [0.1, 0.15) is 17.1 Å². The molecule has 4 rings (SSSR count). The van der Waals surface area contributed by atoms with Crippen LogP contribution >= 0.6 is 0 Å². The van der Waals surface area contributed by atoms with E-state index >= 15 is 0 Å². The summed E-state index contributed by atoms with van der Waals surface area (Å²) in [6.07, 6.45) is 3.35. The molecular weight excluding hydrogens is 569 g/mol. The molecule has 3 N–H and O–H groups in total. The van der Waals surface area contributed by atoms with Gasteiger partial charge in [-0.15, -0.1) is 0 Å². The van der Waals surface area contributed by atoms with E-state index in [9.17, 15) is 18.5 Å². The monoisotopic (exact) mass is 609 g/mol. The van der Waals surface area contributed by atoms with E-state index in [4.69, 9.17) is 4.98 Å². The zero-order valence-electron chi connectivity index (χ0n) is 25.8. The minimum atomic E-state index is -1.58. The number of carbonyl (C=O) groups excluding carboxylic acids is 1. The summed E-state index contributed by atoms with van der Waals surface area (Å²) in [5.41, 5.74) is 0.499. The van der Waals surface area contributed by atoms with E-state index in [2.05, 4.69) is 20.2 Å². The van der Waals surface area contributed by atoms with E-state index in [0.29, 0.717) is 28.5 Å². The van der Waals surface area contributed by atoms with E-state index in [0.717, 1.165) is 5.56 Å². The van der Waals surface area contributed by atoms with Crippen molar-refractivity contribution < 1.29 is 18.5 Å². The number of rotatable bonds is 10. The van der Waals surface area contributed by atoms with Gasteiger partial charge in [-0.25, -0.2) is 23.0 Å². The first-order valence-corrected chi connectivity index (χ1v) is 15.2. The number of aryl methyl sites for hydroxylation is 1. The van der Waals surface area contributed by atoms with Gasteiger partial charge < -0.3 is 10.4 Å². The Morgan fingerprint density at radius 1 is 1.09 bits per heavy atom. The first kappa shape index (κ1) is 32.2. The molecule has 230 valence electrons. The van der Waals surface area contributed by atoms with Crippen molar-refractivity contribution in [1.29, 1.82) is 0 Å². The number of nitrogens with one attached hydrogen (secondary N) is 2. The van der Waals surface area contributed by atoms with Gasteiger partial charge in [-0.3, -0.25) is 9.48 Å². The third kappa shape index (κ3) is 7.26. The van der Waals surface area contributed by atoms with Gasteiger partial charge in [0.05, 0.1) is 33.7 Å². The normalized spacial score (nSPS) is 15.1. The van der Waals surface area contributed by atoms with Crippen molar-refractivity contribution in [2.24, 2.45) is 7.05 Å². The SMILES string of the molecule is CC(NS(=O)C(C)(C)C)C(C)(C)c1cc(-c2ccc(F)cc2)nc(C(C)(O)CNC(=O)c2cc(-n3cccn3)nn2C)c1. The van der Waals surface area contributed by atoms with Crippen molar-refractivity contribution in [3.05, 3.63) is 83.7 Å². The molecule has 1 amide bonds. The molecule has 3 heterocycles. The highest BCUT2D eigenvalue weighted by Gasteiger charge is 2.35. The second-order valence-electron chi connectivity index (χ2n) is 12.5. The van der Waals surface area contributed by atoms with Crippen LogP contribution in [0.4, 0.5) is 4.39 Å². The highest BCUT2D eigenvalue weighted by Crippen LogP contribution is 2.34. The van der Waals surface area contributed by atoms with Crippen molar-refractivity contribution in [2.75, 3.05) is 6.54 Å². The lowest BCUT2D eigenvalue weighted by Gasteiger charge is -2.35. The summed E-state index contributed by atoms with van der Waals surface area (Å²) in [6.45, 7) is 13.2. The Morgan fingerprint density at radius 2 is 1.77 bits per heavy atom. The summed E-state index contributed by atoms with van der Waals surface area (Å²) in [5.74, 6) is -0.310. The molecule has 0 fully saturated rings. The Morgan fingerprint density at radius 3 is 2.37 bits per heavy atom. The maximum atomic E-state index is 13.7. The number of nitrogens with zero attached hydrogens (tertiary/aromatic N) is 5. The highest BCUT2D eigenvalue weighted by atomic mass is 32.2. The highest BCUT2D eigenvalue weighted by molar-refractivity contribution is 7.84. The zero-order chi connectivity index (χ0) is 31.7. The van der Waals surface area contributed by atoms with Crippen LogP contribution in [-0.4, -0.2) is 57.1 Å². The van der Waals surface area contributed by atoms with E-state index in [-0.39, 0.29) is 18.4 Å². The number of aromatic nitrogens is 5. The van der Waals surface area contributed by atoms with Crippen LogP contribution in [0.15, 0.2) is 60.9 Å². The van der Waals surface area contributed by atoms with Crippen LogP contribution in [0.1, 0.15) is 70.2 Å². The molecular formula is C31H40FN7O3S. The summed E-state index contributed by atoms with van der Waals surface area (Å²) in [6, 6.07) is 12.8. The smallest absolute Gasteiger partial charge is 0.269 e. The molecule has 0 aliphatic rings. The Labute approximate surface area is 254 Å². The third-order valence-electron chi connectivity index (χ3n) is 7.62. The molecule has 4 aromatic rings. The number of benzene rings is 1. The molecule has 0 saturated heterocycles. The van der Waals surface area contributed by atoms with Crippen molar-refractivity contribution in [1.82, 2.24) is 34.6 Å². The Hall–Kier alpha value is -3.74.